The van der Waals surface area contributed by atoms with Gasteiger partial charge in [-0.3, -0.25) is 14.1 Å². The van der Waals surface area contributed by atoms with E-state index in [1.165, 1.54) is 4.31 Å². The van der Waals surface area contributed by atoms with E-state index in [1.54, 1.807) is 30.5 Å². The summed E-state index contributed by atoms with van der Waals surface area (Å²) in [4.78, 5) is 17.1. The minimum Gasteiger partial charge on any atom is -0.487 e. The van der Waals surface area contributed by atoms with Crippen molar-refractivity contribution in [2.45, 2.75) is 18.0 Å². The van der Waals surface area contributed by atoms with E-state index < -0.39 is 10.0 Å². The zero-order valence-electron chi connectivity index (χ0n) is 17.6. The summed E-state index contributed by atoms with van der Waals surface area (Å²) in [7, 11) is -3.77. The van der Waals surface area contributed by atoms with Crippen LogP contribution in [0.4, 0.5) is 5.69 Å². The second-order valence-electron chi connectivity index (χ2n) is 7.68. The van der Waals surface area contributed by atoms with Gasteiger partial charge in [-0.1, -0.05) is 42.5 Å². The largest absolute Gasteiger partial charge is 0.487 e. The predicted octanol–water partition coefficient (Wildman–Crippen LogP) is 3.64. The first-order chi connectivity index (χ1) is 16.0. The Labute approximate surface area is 191 Å². The molecule has 0 saturated heterocycles. The molecule has 33 heavy (non-hydrogen) atoms. The van der Waals surface area contributed by atoms with Gasteiger partial charge in [-0.2, -0.15) is 0 Å². The van der Waals surface area contributed by atoms with Crippen LogP contribution in [0.3, 0.4) is 0 Å². The molecule has 0 spiro atoms. The van der Waals surface area contributed by atoms with Crippen molar-refractivity contribution in [1.29, 1.82) is 0 Å². The lowest BCUT2D eigenvalue weighted by molar-refractivity contribution is -0.119. The van der Waals surface area contributed by atoms with Crippen LogP contribution in [-0.2, 0) is 28.0 Å². The molecule has 0 atom stereocenters. The van der Waals surface area contributed by atoms with Crippen LogP contribution >= 0.6 is 0 Å². The number of hydrogen-bond donors (Lipinski definition) is 1. The van der Waals surface area contributed by atoms with E-state index >= 15 is 0 Å². The van der Waals surface area contributed by atoms with E-state index in [0.29, 0.717) is 23.4 Å². The van der Waals surface area contributed by atoms with Crippen molar-refractivity contribution in [3.8, 4) is 5.75 Å². The Hall–Kier alpha value is -3.91. The predicted molar refractivity (Wildman–Crippen MR) is 125 cm³/mol. The van der Waals surface area contributed by atoms with Gasteiger partial charge in [0, 0.05) is 18.1 Å². The molecule has 0 aliphatic carbocycles. The van der Waals surface area contributed by atoms with Gasteiger partial charge in [0.1, 0.15) is 18.9 Å². The third-order valence-corrected chi connectivity index (χ3v) is 7.27. The Bertz CT molecular complexity index is 1430. The molecule has 1 aliphatic heterocycles. The molecule has 166 valence electrons. The second-order valence-corrected chi connectivity index (χ2v) is 9.51. The molecular weight excluding hydrogens is 438 g/mol. The van der Waals surface area contributed by atoms with Crippen LogP contribution in [0.25, 0.3) is 10.8 Å². The number of aromatic nitrogens is 1. The van der Waals surface area contributed by atoms with Crippen molar-refractivity contribution >= 4 is 32.4 Å². The number of carbonyl (C=O) groups is 1. The molecule has 8 heteroatoms. The minimum absolute atomic E-state index is 0.237. The molecule has 0 radical (unpaired) electrons. The quantitative estimate of drug-likeness (QED) is 0.456. The number of nitrogens with one attached hydrogen (secondary N) is 1. The van der Waals surface area contributed by atoms with E-state index in [0.717, 1.165) is 16.6 Å². The normalized spacial score (nSPS) is 13.8. The highest BCUT2D eigenvalue weighted by molar-refractivity contribution is 7.93. The number of ether oxygens (including phenoxy) is 1. The Morgan fingerprint density at radius 1 is 0.970 bits per heavy atom. The van der Waals surface area contributed by atoms with Crippen LogP contribution in [0.15, 0.2) is 90.0 Å². The third kappa shape index (κ3) is 4.12. The summed E-state index contributed by atoms with van der Waals surface area (Å²) in [6.45, 7) is 0.312. The number of pyridine rings is 1. The maximum Gasteiger partial charge on any atom is 0.265 e. The molecule has 4 aromatic rings. The van der Waals surface area contributed by atoms with Crippen LogP contribution in [0.1, 0.15) is 11.3 Å². The molecule has 1 aromatic heterocycles. The molecular formula is C25H21N3O4S. The number of amides is 1. The van der Waals surface area contributed by atoms with Gasteiger partial charge in [-0.15, -0.1) is 0 Å². The van der Waals surface area contributed by atoms with Crippen molar-refractivity contribution in [2.75, 3.05) is 10.8 Å². The van der Waals surface area contributed by atoms with Crippen molar-refractivity contribution in [3.63, 3.8) is 0 Å². The van der Waals surface area contributed by atoms with Crippen LogP contribution in [0, 0.1) is 0 Å². The van der Waals surface area contributed by atoms with Gasteiger partial charge in [0.25, 0.3) is 10.0 Å². The van der Waals surface area contributed by atoms with Crippen LogP contribution in [-0.4, -0.2) is 25.9 Å². The lowest BCUT2D eigenvalue weighted by Crippen LogP contribution is -2.38. The molecule has 0 fully saturated rings. The van der Waals surface area contributed by atoms with E-state index in [2.05, 4.69) is 10.3 Å². The number of sulfonamides is 1. The summed E-state index contributed by atoms with van der Waals surface area (Å²) < 4.78 is 33.0. The molecule has 5 rings (SSSR count). The maximum atomic E-state index is 13.0. The molecule has 1 N–H and O–H groups in total. The Morgan fingerprint density at radius 3 is 2.61 bits per heavy atom. The monoisotopic (exact) mass is 459 g/mol. The smallest absolute Gasteiger partial charge is 0.265 e. The highest BCUT2D eigenvalue weighted by Crippen LogP contribution is 2.41. The van der Waals surface area contributed by atoms with Crippen LogP contribution < -0.4 is 14.4 Å². The van der Waals surface area contributed by atoms with Crippen molar-refractivity contribution < 1.29 is 17.9 Å². The van der Waals surface area contributed by atoms with Crippen molar-refractivity contribution in [2.24, 2.45) is 0 Å². The summed E-state index contributed by atoms with van der Waals surface area (Å²) in [5, 5.41) is 4.30. The van der Waals surface area contributed by atoms with Gasteiger partial charge in [-0.25, -0.2) is 8.42 Å². The average Bonchev–Trinajstić information content (AvgIpc) is 3.05. The Balaban J connectivity index is 1.24. The molecule has 1 aliphatic rings. The number of anilines is 1. The summed E-state index contributed by atoms with van der Waals surface area (Å²) in [5.74, 6) is 0.278. The first kappa shape index (κ1) is 21.0. The number of hydrogen-bond acceptors (Lipinski definition) is 5. The minimum atomic E-state index is -3.77. The molecule has 0 unspecified atom stereocenters. The van der Waals surface area contributed by atoms with Crippen molar-refractivity contribution in [1.82, 2.24) is 10.3 Å². The first-order valence-electron chi connectivity index (χ1n) is 10.5. The van der Waals surface area contributed by atoms with E-state index in [-0.39, 0.29) is 23.9 Å². The fourth-order valence-electron chi connectivity index (χ4n) is 3.90. The standard InChI is InChI=1S/C25H21N3O4S/c29-24(16-28-22-11-4-7-19-8-5-12-23(25(19)22)33(28,30)31)27-15-18-6-3-10-21(14-18)32-17-20-9-1-2-13-26-20/h1-14H,15-17H2,(H,27,29). The summed E-state index contributed by atoms with van der Waals surface area (Å²) >= 11 is 0. The molecule has 0 bridgehead atoms. The number of rotatable bonds is 7. The third-order valence-electron chi connectivity index (χ3n) is 5.47. The SMILES string of the molecule is O=C(CN1c2cccc3cccc(c23)S1(=O)=O)NCc1cccc(OCc2ccccn2)c1. The van der Waals surface area contributed by atoms with Gasteiger partial charge in [-0.05, 0) is 47.3 Å². The van der Waals surface area contributed by atoms with Gasteiger partial charge >= 0.3 is 0 Å². The van der Waals surface area contributed by atoms with Gasteiger partial charge in [0.05, 0.1) is 16.3 Å². The molecule has 7 nitrogen and oxygen atoms in total. The number of nitrogens with zero attached hydrogens (tertiary/aromatic N) is 2. The van der Waals surface area contributed by atoms with Crippen LogP contribution in [0.5, 0.6) is 5.75 Å². The van der Waals surface area contributed by atoms with Crippen LogP contribution in [0.2, 0.25) is 0 Å². The van der Waals surface area contributed by atoms with E-state index in [1.807, 2.05) is 54.6 Å². The van der Waals surface area contributed by atoms with E-state index in [9.17, 15) is 13.2 Å². The van der Waals surface area contributed by atoms with E-state index in [4.69, 9.17) is 4.74 Å². The summed E-state index contributed by atoms with van der Waals surface area (Å²) in [6.07, 6.45) is 1.71. The molecule has 2 heterocycles. The lowest BCUT2D eigenvalue weighted by Gasteiger charge is -2.18. The molecule has 3 aromatic carbocycles. The Kier molecular flexibility index (Phi) is 5.43. The highest BCUT2D eigenvalue weighted by Gasteiger charge is 2.36. The summed E-state index contributed by atoms with van der Waals surface area (Å²) in [6, 6.07) is 23.6. The average molecular weight is 460 g/mol. The first-order valence-corrected chi connectivity index (χ1v) is 11.9. The zero-order chi connectivity index (χ0) is 22.8. The number of carbonyl (C=O) groups excluding carboxylic acids is 1. The topological polar surface area (TPSA) is 88.6 Å². The molecule has 1 amide bonds. The summed E-state index contributed by atoms with van der Waals surface area (Å²) in [5.41, 5.74) is 2.19. The second kappa shape index (κ2) is 8.55. The lowest BCUT2D eigenvalue weighted by atomic mass is 10.1. The van der Waals surface area contributed by atoms with Gasteiger partial charge < -0.3 is 10.1 Å². The highest BCUT2D eigenvalue weighted by atomic mass is 32.2. The maximum absolute atomic E-state index is 13.0. The Morgan fingerprint density at radius 2 is 1.79 bits per heavy atom. The fourth-order valence-corrected chi connectivity index (χ4v) is 5.57. The fraction of sp³-hybridized carbons (Fsp3) is 0.120. The number of benzene rings is 3. The zero-order valence-corrected chi connectivity index (χ0v) is 18.5. The van der Waals surface area contributed by atoms with Crippen molar-refractivity contribution in [3.05, 3.63) is 96.3 Å². The van der Waals surface area contributed by atoms with Gasteiger partial charge in [0.15, 0.2) is 0 Å². The van der Waals surface area contributed by atoms with Gasteiger partial charge in [0.2, 0.25) is 5.91 Å². The molecule has 0 saturated carbocycles.